The fraction of sp³-hybridized carbons (Fsp3) is 0.227. The molecule has 3 aromatic rings. The molecule has 0 atom stereocenters. The van der Waals surface area contributed by atoms with Crippen LogP contribution in [0.5, 0.6) is 0 Å². The van der Waals surface area contributed by atoms with Crippen molar-refractivity contribution in [2.45, 2.75) is 18.1 Å². The van der Waals surface area contributed by atoms with Gasteiger partial charge in [-0.2, -0.15) is 0 Å². The van der Waals surface area contributed by atoms with Crippen molar-refractivity contribution >= 4 is 27.6 Å². The first-order valence-corrected chi connectivity index (χ1v) is 12.5. The lowest BCUT2D eigenvalue weighted by molar-refractivity contribution is 0.102. The first-order valence-electron chi connectivity index (χ1n) is 9.66. The van der Waals surface area contributed by atoms with E-state index in [1.54, 1.807) is 18.2 Å². The molecule has 0 aliphatic rings. The van der Waals surface area contributed by atoms with E-state index in [1.165, 1.54) is 11.8 Å². The second-order valence-corrected chi connectivity index (χ2v) is 9.67. The molecule has 0 unspecified atom stereocenters. The molecule has 1 N–H and O–H groups in total. The summed E-state index contributed by atoms with van der Waals surface area (Å²) in [6.07, 6.45) is 3.47. The minimum absolute atomic E-state index is 0.0137. The Bertz CT molecular complexity index is 1140. The summed E-state index contributed by atoms with van der Waals surface area (Å²) in [4.78, 5) is 12.6. The van der Waals surface area contributed by atoms with E-state index in [9.17, 15) is 13.2 Å². The Morgan fingerprint density at radius 2 is 1.84 bits per heavy atom. The molecule has 0 saturated heterocycles. The Kier molecular flexibility index (Phi) is 7.78. The minimum Gasteiger partial charge on any atom is -0.298 e. The van der Waals surface area contributed by atoms with Gasteiger partial charge in [0.05, 0.1) is 12.0 Å². The second-order valence-electron chi connectivity index (χ2n) is 6.90. The summed E-state index contributed by atoms with van der Waals surface area (Å²) in [6.45, 7) is 4.68. The van der Waals surface area contributed by atoms with E-state index in [4.69, 9.17) is 0 Å². The number of rotatable bonds is 11. The predicted molar refractivity (Wildman–Crippen MR) is 124 cm³/mol. The lowest BCUT2D eigenvalue weighted by Crippen LogP contribution is -2.24. The number of sulfonamides is 1. The maximum atomic E-state index is 12.6. The van der Waals surface area contributed by atoms with Crippen molar-refractivity contribution in [2.75, 3.05) is 18.6 Å². The second kappa shape index (κ2) is 10.5. The third kappa shape index (κ3) is 6.61. The van der Waals surface area contributed by atoms with Crippen LogP contribution in [-0.4, -0.2) is 47.5 Å². The number of benzene rings is 2. The largest absolute Gasteiger partial charge is 0.298 e. The van der Waals surface area contributed by atoms with E-state index in [0.29, 0.717) is 30.2 Å². The van der Waals surface area contributed by atoms with Crippen LogP contribution in [0.4, 0.5) is 0 Å². The molecule has 1 aromatic heterocycles. The molecule has 162 valence electrons. The van der Waals surface area contributed by atoms with Crippen molar-refractivity contribution in [2.24, 2.45) is 0 Å². The van der Waals surface area contributed by atoms with Gasteiger partial charge in [0.2, 0.25) is 10.0 Å². The number of carbonyl (C=O) groups is 1. The van der Waals surface area contributed by atoms with Crippen LogP contribution in [0.15, 0.2) is 72.4 Å². The van der Waals surface area contributed by atoms with E-state index in [0.717, 1.165) is 23.2 Å². The molecule has 2 aromatic carbocycles. The number of carbonyl (C=O) groups excluding carboxylic acids is 1. The van der Waals surface area contributed by atoms with E-state index in [1.807, 2.05) is 47.0 Å². The number of nitrogens with one attached hydrogen (secondary N) is 1. The fourth-order valence-corrected chi connectivity index (χ4v) is 4.26. The van der Waals surface area contributed by atoms with Gasteiger partial charge in [0.25, 0.3) is 0 Å². The minimum atomic E-state index is -3.20. The number of aromatic nitrogens is 3. The number of Topliss-reactive ketones (excluding diaryl/α,β-unsaturated/α-hetero) is 1. The molecule has 31 heavy (non-hydrogen) atoms. The molecule has 0 saturated carbocycles. The SMILES string of the molecule is C=CCn1c(SCC(=O)c2ccc(CCNS(C)(=O)=O)cc2)nnc1-c1ccccc1. The average Bonchev–Trinajstić information content (AvgIpc) is 3.15. The van der Waals surface area contributed by atoms with Gasteiger partial charge in [0.1, 0.15) is 0 Å². The van der Waals surface area contributed by atoms with Crippen LogP contribution in [0.3, 0.4) is 0 Å². The van der Waals surface area contributed by atoms with E-state index >= 15 is 0 Å². The molecular formula is C22H24N4O3S2. The van der Waals surface area contributed by atoms with Gasteiger partial charge in [-0.3, -0.25) is 9.36 Å². The summed E-state index contributed by atoms with van der Waals surface area (Å²) in [5, 5.41) is 9.22. The summed E-state index contributed by atoms with van der Waals surface area (Å²) in [7, 11) is -3.20. The lowest BCUT2D eigenvalue weighted by Gasteiger charge is -2.08. The third-order valence-corrected chi connectivity index (χ3v) is 6.14. The molecule has 0 spiro atoms. The Morgan fingerprint density at radius 1 is 1.13 bits per heavy atom. The zero-order valence-corrected chi connectivity index (χ0v) is 18.8. The van der Waals surface area contributed by atoms with Gasteiger partial charge in [-0.05, 0) is 12.0 Å². The molecule has 0 bridgehead atoms. The summed E-state index contributed by atoms with van der Waals surface area (Å²) in [5.41, 5.74) is 2.51. The van der Waals surface area contributed by atoms with Crippen LogP contribution in [0, 0.1) is 0 Å². The van der Waals surface area contributed by atoms with Crippen molar-refractivity contribution in [1.82, 2.24) is 19.5 Å². The lowest BCUT2D eigenvalue weighted by atomic mass is 10.1. The molecule has 9 heteroatoms. The maximum absolute atomic E-state index is 12.6. The number of hydrogen-bond donors (Lipinski definition) is 1. The highest BCUT2D eigenvalue weighted by Crippen LogP contribution is 2.24. The van der Waals surface area contributed by atoms with Gasteiger partial charge in [0, 0.05) is 24.2 Å². The molecule has 7 nitrogen and oxygen atoms in total. The van der Waals surface area contributed by atoms with Crippen molar-refractivity contribution in [3.8, 4) is 11.4 Å². The Morgan fingerprint density at radius 3 is 2.48 bits per heavy atom. The Hall–Kier alpha value is -2.75. The smallest absolute Gasteiger partial charge is 0.208 e. The topological polar surface area (TPSA) is 94.0 Å². The zero-order chi connectivity index (χ0) is 22.3. The molecule has 0 amide bonds. The average molecular weight is 457 g/mol. The van der Waals surface area contributed by atoms with Gasteiger partial charge in [-0.15, -0.1) is 16.8 Å². The van der Waals surface area contributed by atoms with Gasteiger partial charge in [0.15, 0.2) is 16.8 Å². The highest BCUT2D eigenvalue weighted by molar-refractivity contribution is 7.99. The summed E-state index contributed by atoms with van der Waals surface area (Å²) in [6, 6.07) is 17.0. The van der Waals surface area contributed by atoms with Crippen LogP contribution in [0.25, 0.3) is 11.4 Å². The Labute approximate surface area is 186 Å². The fourth-order valence-electron chi connectivity index (χ4n) is 2.94. The zero-order valence-electron chi connectivity index (χ0n) is 17.2. The summed E-state index contributed by atoms with van der Waals surface area (Å²) >= 11 is 1.34. The summed E-state index contributed by atoms with van der Waals surface area (Å²) in [5.74, 6) is 0.960. The normalized spacial score (nSPS) is 11.4. The van der Waals surface area contributed by atoms with E-state index in [-0.39, 0.29) is 11.5 Å². The molecule has 0 fully saturated rings. The molecule has 0 aliphatic heterocycles. The van der Waals surface area contributed by atoms with Gasteiger partial charge >= 0.3 is 0 Å². The molecule has 0 radical (unpaired) electrons. The van der Waals surface area contributed by atoms with Crippen molar-refractivity contribution in [3.05, 3.63) is 78.4 Å². The van der Waals surface area contributed by atoms with Gasteiger partial charge in [-0.1, -0.05) is 72.4 Å². The number of ketones is 1. The van der Waals surface area contributed by atoms with Crippen molar-refractivity contribution in [3.63, 3.8) is 0 Å². The Balaban J connectivity index is 1.63. The van der Waals surface area contributed by atoms with Gasteiger partial charge < -0.3 is 0 Å². The third-order valence-electron chi connectivity index (χ3n) is 4.45. The number of nitrogens with zero attached hydrogens (tertiary/aromatic N) is 3. The van der Waals surface area contributed by atoms with Crippen LogP contribution in [0.2, 0.25) is 0 Å². The quantitative estimate of drug-likeness (QED) is 0.271. The maximum Gasteiger partial charge on any atom is 0.208 e. The molecule has 0 aliphatic carbocycles. The van der Waals surface area contributed by atoms with Crippen LogP contribution in [-0.2, 0) is 23.0 Å². The first kappa shape index (κ1) is 22.9. The molecular weight excluding hydrogens is 432 g/mol. The standard InChI is InChI=1S/C22H24N4O3S2/c1-3-15-26-21(19-7-5-4-6-8-19)24-25-22(26)30-16-20(27)18-11-9-17(10-12-18)13-14-23-31(2,28)29/h3-12,23H,1,13-16H2,2H3. The van der Waals surface area contributed by atoms with Crippen LogP contribution in [0.1, 0.15) is 15.9 Å². The predicted octanol–water partition coefficient (Wildman–Crippen LogP) is 3.20. The van der Waals surface area contributed by atoms with Crippen LogP contribution < -0.4 is 4.72 Å². The molecule has 3 rings (SSSR count). The summed E-state index contributed by atoms with van der Waals surface area (Å²) < 4.78 is 26.7. The molecule has 1 heterocycles. The van der Waals surface area contributed by atoms with E-state index in [2.05, 4.69) is 21.5 Å². The van der Waals surface area contributed by atoms with E-state index < -0.39 is 10.0 Å². The number of hydrogen-bond acceptors (Lipinski definition) is 6. The first-order chi connectivity index (χ1) is 14.9. The van der Waals surface area contributed by atoms with Crippen LogP contribution >= 0.6 is 11.8 Å². The monoisotopic (exact) mass is 456 g/mol. The number of allylic oxidation sites excluding steroid dienone is 1. The highest BCUT2D eigenvalue weighted by atomic mass is 32.2. The van der Waals surface area contributed by atoms with Crippen molar-refractivity contribution < 1.29 is 13.2 Å². The number of thioether (sulfide) groups is 1. The highest BCUT2D eigenvalue weighted by Gasteiger charge is 2.15. The van der Waals surface area contributed by atoms with Gasteiger partial charge in [-0.25, -0.2) is 13.1 Å². The van der Waals surface area contributed by atoms with Crippen molar-refractivity contribution in [1.29, 1.82) is 0 Å².